The highest BCUT2D eigenvalue weighted by Gasteiger charge is 2.34. The molecule has 0 aromatic heterocycles. The first-order chi connectivity index (χ1) is 7.99. The van der Waals surface area contributed by atoms with Gasteiger partial charge >= 0.3 is 11.9 Å². The largest absolute Gasteiger partial charge is 0.427 e. The summed E-state index contributed by atoms with van der Waals surface area (Å²) < 4.78 is 10.0. The van der Waals surface area contributed by atoms with Crippen LogP contribution in [0.3, 0.4) is 0 Å². The maximum atomic E-state index is 11.5. The number of ether oxygens (including phenoxy) is 2. The van der Waals surface area contributed by atoms with Crippen molar-refractivity contribution in [1.82, 2.24) is 0 Å². The molecule has 0 saturated heterocycles. The first kappa shape index (κ1) is 12.6. The fraction of sp³-hybridized carbons (Fsp3) is 0.273. The third kappa shape index (κ3) is 2.52. The molecule has 17 heavy (non-hydrogen) atoms. The molecule has 2 unspecified atom stereocenters. The number of halogens is 2. The number of esters is 2. The van der Waals surface area contributed by atoms with E-state index in [0.717, 1.165) is 5.56 Å². The van der Waals surface area contributed by atoms with E-state index in [1.165, 1.54) is 13.0 Å². The number of carbonyl (C=O) groups is 2. The van der Waals surface area contributed by atoms with E-state index in [4.69, 9.17) is 9.47 Å². The zero-order valence-corrected chi connectivity index (χ0v) is 11.9. The molecule has 0 fully saturated rings. The van der Waals surface area contributed by atoms with Gasteiger partial charge in [-0.15, -0.1) is 0 Å². The van der Waals surface area contributed by atoms with Gasteiger partial charge in [0.25, 0.3) is 0 Å². The van der Waals surface area contributed by atoms with Crippen molar-refractivity contribution in [3.63, 3.8) is 0 Å². The second-order valence-electron chi connectivity index (χ2n) is 3.52. The summed E-state index contributed by atoms with van der Waals surface area (Å²) in [5.41, 5.74) is 0.836. The molecule has 0 bridgehead atoms. The lowest BCUT2D eigenvalue weighted by Gasteiger charge is -2.24. The predicted octanol–water partition coefficient (Wildman–Crippen LogP) is 2.73. The summed E-state index contributed by atoms with van der Waals surface area (Å²) in [6, 6.07) is 4.95. The van der Waals surface area contributed by atoms with Gasteiger partial charge < -0.3 is 9.47 Å². The summed E-state index contributed by atoms with van der Waals surface area (Å²) >= 11 is 6.65. The lowest BCUT2D eigenvalue weighted by atomic mass is 10.1. The zero-order valence-electron chi connectivity index (χ0n) is 8.78. The van der Waals surface area contributed by atoms with Crippen molar-refractivity contribution in [2.24, 2.45) is 0 Å². The fourth-order valence-electron chi connectivity index (χ4n) is 1.50. The van der Waals surface area contributed by atoms with Crippen LogP contribution in [0.5, 0.6) is 11.5 Å². The van der Waals surface area contributed by atoms with E-state index in [1.807, 2.05) is 0 Å². The second kappa shape index (κ2) is 4.78. The average molecular weight is 364 g/mol. The van der Waals surface area contributed by atoms with Crippen molar-refractivity contribution < 1.29 is 19.1 Å². The van der Waals surface area contributed by atoms with Gasteiger partial charge in [0.05, 0.1) is 4.83 Å². The van der Waals surface area contributed by atoms with Crippen LogP contribution in [0.1, 0.15) is 17.3 Å². The molecular weight excluding hydrogens is 356 g/mol. The minimum atomic E-state index is -0.422. The maximum Gasteiger partial charge on any atom is 0.326 e. The van der Waals surface area contributed by atoms with Crippen LogP contribution in [0.25, 0.3) is 0 Å². The van der Waals surface area contributed by atoms with Crippen molar-refractivity contribution in [2.45, 2.75) is 16.6 Å². The summed E-state index contributed by atoms with van der Waals surface area (Å²) in [4.78, 5) is 21.7. The molecule has 0 N–H and O–H groups in total. The van der Waals surface area contributed by atoms with E-state index in [0.29, 0.717) is 11.5 Å². The molecule has 0 radical (unpaired) electrons. The Morgan fingerprint density at radius 1 is 1.35 bits per heavy atom. The SMILES string of the molecule is CC(=O)Oc1ccc2c(c1)OC(=O)C(Br)C2Br. The van der Waals surface area contributed by atoms with Crippen LogP contribution in [0.15, 0.2) is 18.2 Å². The third-order valence-corrected chi connectivity index (χ3v) is 4.87. The Bertz CT molecular complexity index is 486. The normalized spacial score (nSPS) is 22.6. The van der Waals surface area contributed by atoms with Crippen LogP contribution in [0.2, 0.25) is 0 Å². The van der Waals surface area contributed by atoms with Crippen LogP contribution >= 0.6 is 31.9 Å². The molecule has 90 valence electrons. The third-order valence-electron chi connectivity index (χ3n) is 2.24. The van der Waals surface area contributed by atoms with Gasteiger partial charge in [0.1, 0.15) is 16.3 Å². The van der Waals surface area contributed by atoms with Gasteiger partial charge in [-0.3, -0.25) is 9.59 Å². The van der Waals surface area contributed by atoms with E-state index >= 15 is 0 Å². The average Bonchev–Trinajstić information content (AvgIpc) is 2.25. The van der Waals surface area contributed by atoms with Crippen molar-refractivity contribution in [3.8, 4) is 11.5 Å². The first-order valence-electron chi connectivity index (χ1n) is 4.81. The van der Waals surface area contributed by atoms with Crippen LogP contribution in [0, 0.1) is 0 Å². The van der Waals surface area contributed by atoms with E-state index in [1.54, 1.807) is 12.1 Å². The Labute approximate surface area is 115 Å². The van der Waals surface area contributed by atoms with Crippen LogP contribution < -0.4 is 9.47 Å². The molecule has 2 atom stereocenters. The molecule has 0 amide bonds. The molecule has 1 heterocycles. The Hall–Kier alpha value is -0.880. The number of carbonyl (C=O) groups excluding carboxylic acids is 2. The number of hydrogen-bond donors (Lipinski definition) is 0. The van der Waals surface area contributed by atoms with Crippen LogP contribution in [-0.2, 0) is 9.59 Å². The van der Waals surface area contributed by atoms with Crippen molar-refractivity contribution in [3.05, 3.63) is 23.8 Å². The molecule has 4 nitrogen and oxygen atoms in total. The number of alkyl halides is 2. The van der Waals surface area contributed by atoms with E-state index in [-0.39, 0.29) is 10.8 Å². The zero-order chi connectivity index (χ0) is 12.6. The lowest BCUT2D eigenvalue weighted by Crippen LogP contribution is -2.29. The minimum Gasteiger partial charge on any atom is -0.427 e. The standard InChI is InChI=1S/C11H8Br2O4/c1-5(14)16-6-2-3-7-8(4-6)17-11(15)10(13)9(7)12/h2-4,9-10H,1H3. The second-order valence-corrected chi connectivity index (χ2v) is 5.49. The minimum absolute atomic E-state index is 0.162. The topological polar surface area (TPSA) is 52.6 Å². The molecular formula is C11H8Br2O4. The van der Waals surface area contributed by atoms with Gasteiger partial charge in [-0.05, 0) is 6.07 Å². The highest BCUT2D eigenvalue weighted by molar-refractivity contribution is 9.12. The van der Waals surface area contributed by atoms with E-state index in [9.17, 15) is 9.59 Å². The molecule has 1 aliphatic rings. The monoisotopic (exact) mass is 362 g/mol. The Kier molecular flexibility index (Phi) is 3.53. The van der Waals surface area contributed by atoms with Crippen LogP contribution in [-0.4, -0.2) is 16.8 Å². The molecule has 0 aliphatic carbocycles. The van der Waals surface area contributed by atoms with E-state index < -0.39 is 10.8 Å². The van der Waals surface area contributed by atoms with Crippen molar-refractivity contribution in [2.75, 3.05) is 0 Å². The molecule has 0 spiro atoms. The van der Waals surface area contributed by atoms with Gasteiger partial charge in [-0.1, -0.05) is 37.9 Å². The van der Waals surface area contributed by atoms with E-state index in [2.05, 4.69) is 31.9 Å². The fourth-order valence-corrected chi connectivity index (χ4v) is 2.47. The summed E-state index contributed by atoms with van der Waals surface area (Å²) in [6.45, 7) is 1.31. The van der Waals surface area contributed by atoms with Gasteiger partial charge in [-0.25, -0.2) is 0 Å². The van der Waals surface area contributed by atoms with Crippen molar-refractivity contribution >= 4 is 43.8 Å². The smallest absolute Gasteiger partial charge is 0.326 e. The summed E-state index contributed by atoms with van der Waals surface area (Å²) in [6.07, 6.45) is 0. The number of benzene rings is 1. The Balaban J connectivity index is 2.36. The molecule has 0 saturated carbocycles. The summed E-state index contributed by atoms with van der Waals surface area (Å²) in [7, 11) is 0. The Morgan fingerprint density at radius 3 is 2.71 bits per heavy atom. The molecule has 1 aromatic carbocycles. The Morgan fingerprint density at radius 2 is 2.06 bits per heavy atom. The maximum absolute atomic E-state index is 11.5. The van der Waals surface area contributed by atoms with Gasteiger partial charge in [0.2, 0.25) is 0 Å². The van der Waals surface area contributed by atoms with Gasteiger partial charge in [0, 0.05) is 18.6 Å². The number of rotatable bonds is 1. The molecule has 6 heteroatoms. The van der Waals surface area contributed by atoms with Crippen LogP contribution in [0.4, 0.5) is 0 Å². The molecule has 2 rings (SSSR count). The van der Waals surface area contributed by atoms with Crippen molar-refractivity contribution in [1.29, 1.82) is 0 Å². The first-order valence-corrected chi connectivity index (χ1v) is 6.64. The summed E-state index contributed by atoms with van der Waals surface area (Å²) in [5.74, 6) is -0.0247. The van der Waals surface area contributed by atoms with Gasteiger partial charge in [-0.2, -0.15) is 0 Å². The lowest BCUT2D eigenvalue weighted by molar-refractivity contribution is -0.134. The molecule has 1 aromatic rings. The van der Waals surface area contributed by atoms with Gasteiger partial charge in [0.15, 0.2) is 0 Å². The summed E-state index contributed by atoms with van der Waals surface area (Å²) in [5, 5.41) is 0. The number of hydrogen-bond acceptors (Lipinski definition) is 4. The quantitative estimate of drug-likeness (QED) is 0.437. The highest BCUT2D eigenvalue weighted by Crippen LogP contribution is 2.42. The predicted molar refractivity (Wildman–Crippen MR) is 67.8 cm³/mol. The molecule has 1 aliphatic heterocycles. The highest BCUT2D eigenvalue weighted by atomic mass is 79.9. The number of fused-ring (bicyclic) bond motifs is 1.